The van der Waals surface area contributed by atoms with Gasteiger partial charge in [0.1, 0.15) is 0 Å². The van der Waals surface area contributed by atoms with Crippen LogP contribution in [0.25, 0.3) is 22.3 Å². The predicted molar refractivity (Wildman–Crippen MR) is 119 cm³/mol. The second-order valence-electron chi connectivity index (χ2n) is 6.21. The van der Waals surface area contributed by atoms with E-state index in [1.54, 1.807) is 36.8 Å². The van der Waals surface area contributed by atoms with Gasteiger partial charge in [0.25, 0.3) is 11.8 Å². The van der Waals surface area contributed by atoms with Gasteiger partial charge >= 0.3 is 6.61 Å². The average Bonchev–Trinajstić information content (AvgIpc) is 3.24. The second kappa shape index (κ2) is 9.62. The van der Waals surface area contributed by atoms with Gasteiger partial charge in [-0.25, -0.2) is 14.2 Å². The highest BCUT2D eigenvalue weighted by Gasteiger charge is 2.23. The van der Waals surface area contributed by atoms with Crippen molar-refractivity contribution in [3.63, 3.8) is 0 Å². The number of H-pyrrole nitrogens is 1. The summed E-state index contributed by atoms with van der Waals surface area (Å²) in [4.78, 5) is 20.0. The molecule has 10 nitrogen and oxygen atoms in total. The molecule has 0 fully saturated rings. The van der Waals surface area contributed by atoms with Crippen LogP contribution in [0.5, 0.6) is 17.5 Å². The van der Waals surface area contributed by atoms with Crippen molar-refractivity contribution < 1.29 is 27.2 Å². The fourth-order valence-electron chi connectivity index (χ4n) is 3.01. The molecule has 3 aromatic heterocycles. The lowest BCUT2D eigenvalue weighted by atomic mass is 10.1. The van der Waals surface area contributed by atoms with Crippen molar-refractivity contribution in [3.8, 4) is 28.9 Å². The minimum atomic E-state index is -3.14. The Bertz CT molecular complexity index is 1300. The average molecular weight is 541 g/mol. The Morgan fingerprint density at radius 1 is 1.12 bits per heavy atom. The van der Waals surface area contributed by atoms with Crippen LogP contribution in [0.15, 0.2) is 46.2 Å². The lowest BCUT2D eigenvalue weighted by Gasteiger charge is -2.13. The van der Waals surface area contributed by atoms with E-state index in [9.17, 15) is 13.0 Å². The van der Waals surface area contributed by atoms with Gasteiger partial charge < -0.3 is 19.2 Å². The van der Waals surface area contributed by atoms with Gasteiger partial charge in [0.05, 0.1) is 30.2 Å². The third-order valence-corrected chi connectivity index (χ3v) is 6.10. The molecule has 0 aliphatic carbocycles. The van der Waals surface area contributed by atoms with Gasteiger partial charge in [-0.15, -0.1) is 0 Å². The molecule has 3 heterocycles. The summed E-state index contributed by atoms with van der Waals surface area (Å²) in [6, 6.07) is 5.28. The second-order valence-corrected chi connectivity index (χ2v) is 8.25. The zero-order chi connectivity index (χ0) is 23.5. The molecule has 0 bridgehead atoms. The number of hydrogen-bond acceptors (Lipinski definition) is 8. The number of benzene rings is 1. The van der Waals surface area contributed by atoms with E-state index in [0.717, 1.165) is 4.47 Å². The van der Waals surface area contributed by atoms with Crippen molar-refractivity contribution in [3.05, 3.63) is 41.3 Å². The molecule has 172 valence electrons. The number of aromatic nitrogens is 5. The molecular formula is C19H15BrF2N6O4S. The Morgan fingerprint density at radius 3 is 2.39 bits per heavy atom. The molecule has 0 saturated carbocycles. The van der Waals surface area contributed by atoms with Crippen LogP contribution in [-0.4, -0.2) is 50.0 Å². The summed E-state index contributed by atoms with van der Waals surface area (Å²) >= 11 is 3.51. The van der Waals surface area contributed by atoms with E-state index >= 15 is 0 Å². The molecule has 1 unspecified atom stereocenters. The first-order valence-electron chi connectivity index (χ1n) is 9.13. The Kier molecular flexibility index (Phi) is 6.65. The van der Waals surface area contributed by atoms with Crippen LogP contribution < -0.4 is 18.9 Å². The van der Waals surface area contributed by atoms with Crippen molar-refractivity contribution >= 4 is 43.8 Å². The van der Waals surface area contributed by atoms with Crippen LogP contribution in [0.3, 0.4) is 0 Å². The summed E-state index contributed by atoms with van der Waals surface area (Å²) in [6.45, 7) is -3.14. The zero-order valence-corrected chi connectivity index (χ0v) is 19.4. The van der Waals surface area contributed by atoms with Gasteiger partial charge in [-0.1, -0.05) is 6.07 Å². The summed E-state index contributed by atoms with van der Waals surface area (Å²) in [5.41, 5.74) is 1.36. The molecule has 1 aromatic carbocycles. The summed E-state index contributed by atoms with van der Waals surface area (Å²) in [5.74, 6) is -0.798. The number of halogens is 3. The molecule has 0 amide bonds. The number of alkyl halides is 2. The highest BCUT2D eigenvalue weighted by molar-refractivity contribution is 9.10. The molecule has 4 aromatic rings. The summed E-state index contributed by atoms with van der Waals surface area (Å²) in [7, 11) is 0.578. The number of fused-ring (bicyclic) bond motifs is 1. The van der Waals surface area contributed by atoms with Crippen LogP contribution in [-0.2, 0) is 11.0 Å². The maximum absolute atomic E-state index is 13.1. The Hall–Kier alpha value is -3.39. The molecule has 0 radical (unpaired) electrons. The smallest absolute Gasteiger partial charge is 0.387 e. The number of nitrogens with zero attached hydrogens (tertiary/aromatic N) is 4. The zero-order valence-electron chi connectivity index (χ0n) is 17.0. The van der Waals surface area contributed by atoms with Crippen molar-refractivity contribution in [1.82, 2.24) is 24.9 Å². The van der Waals surface area contributed by atoms with E-state index in [-0.39, 0.29) is 17.7 Å². The standard InChI is InChI=1S/C19H15BrF2N6O4S/c1-30-16-14(32-18(21)22)17(31-2)27-19(26-16)28-33(29)11-8-25-13-9(11)4-5-10(20)12(13)15-23-6-3-7-24-15/h3-8,18,25H,1-2H3,(H,26,27,28). The fourth-order valence-corrected chi connectivity index (χ4v) is 4.42. The van der Waals surface area contributed by atoms with Gasteiger partial charge in [0.15, 0.2) is 16.8 Å². The topological polar surface area (TPSA) is 124 Å². The van der Waals surface area contributed by atoms with Crippen LogP contribution in [0.4, 0.5) is 14.7 Å². The van der Waals surface area contributed by atoms with Gasteiger partial charge in [-0.3, -0.25) is 4.72 Å². The van der Waals surface area contributed by atoms with E-state index < -0.39 is 23.3 Å². The van der Waals surface area contributed by atoms with Gasteiger partial charge in [-0.05, 0) is 28.1 Å². The number of ether oxygens (including phenoxy) is 3. The largest absolute Gasteiger partial charge is 0.478 e. The van der Waals surface area contributed by atoms with Crippen molar-refractivity contribution in [2.45, 2.75) is 11.5 Å². The summed E-state index contributed by atoms with van der Waals surface area (Å²) in [6.07, 6.45) is 4.81. The molecule has 4 rings (SSSR count). The quantitative estimate of drug-likeness (QED) is 0.344. The number of methoxy groups -OCH3 is 2. The molecule has 0 spiro atoms. The van der Waals surface area contributed by atoms with E-state index in [1.807, 2.05) is 0 Å². The van der Waals surface area contributed by atoms with E-state index in [1.165, 1.54) is 14.2 Å². The molecule has 33 heavy (non-hydrogen) atoms. The number of anilines is 1. The Morgan fingerprint density at radius 2 is 1.79 bits per heavy atom. The lowest BCUT2D eigenvalue weighted by Crippen LogP contribution is -2.12. The maximum Gasteiger partial charge on any atom is 0.387 e. The molecule has 0 aliphatic heterocycles. The highest BCUT2D eigenvalue weighted by Crippen LogP contribution is 2.37. The monoisotopic (exact) mass is 540 g/mol. The Balaban J connectivity index is 1.71. The van der Waals surface area contributed by atoms with Crippen molar-refractivity contribution in [1.29, 1.82) is 0 Å². The van der Waals surface area contributed by atoms with E-state index in [4.69, 9.17) is 9.47 Å². The van der Waals surface area contributed by atoms with Gasteiger partial charge in [0, 0.05) is 28.4 Å². The van der Waals surface area contributed by atoms with Crippen LogP contribution in [0.2, 0.25) is 0 Å². The van der Waals surface area contributed by atoms with E-state index in [0.29, 0.717) is 27.2 Å². The maximum atomic E-state index is 13.1. The molecule has 1 atom stereocenters. The first-order chi connectivity index (χ1) is 15.9. The third-order valence-electron chi connectivity index (χ3n) is 4.34. The Labute approximate surface area is 196 Å². The molecule has 2 N–H and O–H groups in total. The van der Waals surface area contributed by atoms with E-state index in [2.05, 4.69) is 50.3 Å². The van der Waals surface area contributed by atoms with Crippen LogP contribution >= 0.6 is 15.9 Å². The molecule has 0 aliphatic rings. The highest BCUT2D eigenvalue weighted by atomic mass is 79.9. The SMILES string of the molecule is COc1nc(NS(=O)c2c[nH]c3c(-c4ncccn4)c(Br)ccc23)nc(OC)c1OC(F)F. The minimum absolute atomic E-state index is 0.179. The third kappa shape index (κ3) is 4.57. The summed E-state index contributed by atoms with van der Waals surface area (Å²) < 4.78 is 56.3. The van der Waals surface area contributed by atoms with Crippen LogP contribution in [0.1, 0.15) is 0 Å². The normalized spacial score (nSPS) is 12.1. The lowest BCUT2D eigenvalue weighted by molar-refractivity contribution is -0.0533. The predicted octanol–water partition coefficient (Wildman–Crippen LogP) is 3.93. The number of rotatable bonds is 8. The number of hydrogen-bond donors (Lipinski definition) is 2. The van der Waals surface area contributed by atoms with Crippen molar-refractivity contribution in [2.75, 3.05) is 18.9 Å². The number of nitrogens with one attached hydrogen (secondary N) is 2. The molecular weight excluding hydrogens is 526 g/mol. The fraction of sp³-hybridized carbons (Fsp3) is 0.158. The minimum Gasteiger partial charge on any atom is -0.478 e. The molecule has 0 saturated heterocycles. The van der Waals surface area contributed by atoms with Gasteiger partial charge in [-0.2, -0.15) is 18.7 Å². The van der Waals surface area contributed by atoms with Crippen LogP contribution in [0, 0.1) is 0 Å². The van der Waals surface area contributed by atoms with Crippen molar-refractivity contribution in [2.24, 2.45) is 0 Å². The number of aromatic amines is 1. The molecule has 14 heteroatoms. The first-order valence-corrected chi connectivity index (χ1v) is 11.1. The summed E-state index contributed by atoms with van der Waals surface area (Å²) in [5, 5.41) is 0.642. The first kappa shape index (κ1) is 22.8. The van der Waals surface area contributed by atoms with Gasteiger partial charge in [0.2, 0.25) is 11.7 Å².